The van der Waals surface area contributed by atoms with Gasteiger partial charge in [-0.2, -0.15) is 0 Å². The molecule has 0 aliphatic carbocycles. The molecule has 1 aliphatic rings. The molecule has 24 heavy (non-hydrogen) atoms. The van der Waals surface area contributed by atoms with Crippen molar-refractivity contribution >= 4 is 23.5 Å². The number of ether oxygens (including phenoxy) is 2. The molecule has 0 saturated carbocycles. The maximum atomic E-state index is 12.6. The highest BCUT2D eigenvalue weighted by molar-refractivity contribution is 6.02. The summed E-state index contributed by atoms with van der Waals surface area (Å²) in [4.78, 5) is 47.5. The van der Waals surface area contributed by atoms with Crippen molar-refractivity contribution in [1.82, 2.24) is 4.90 Å². The van der Waals surface area contributed by atoms with Crippen molar-refractivity contribution in [2.24, 2.45) is 0 Å². The van der Waals surface area contributed by atoms with Gasteiger partial charge in [-0.3, -0.25) is 24.5 Å². The minimum atomic E-state index is -0.801. The van der Waals surface area contributed by atoms with Crippen LogP contribution < -0.4 is 0 Å². The van der Waals surface area contributed by atoms with Gasteiger partial charge in [-0.15, -0.1) is 0 Å². The van der Waals surface area contributed by atoms with Gasteiger partial charge in [0.05, 0.1) is 38.0 Å². The summed E-state index contributed by atoms with van der Waals surface area (Å²) in [6.45, 7) is 0.0779. The number of nitrogens with zero attached hydrogens (tertiary/aromatic N) is 2. The van der Waals surface area contributed by atoms with Crippen LogP contribution in [0.3, 0.4) is 0 Å². The van der Waals surface area contributed by atoms with Crippen LogP contribution in [0.2, 0.25) is 0 Å². The Hall–Kier alpha value is -2.97. The predicted octanol–water partition coefficient (Wildman–Crippen LogP) is 1.05. The topological polar surface area (TPSA) is 116 Å². The molecule has 128 valence electrons. The SMILES string of the molecule is COC(=O)CC(CC(=O)OC)N1Cc2cccc([N+](=O)[O-])c2C1=O. The summed E-state index contributed by atoms with van der Waals surface area (Å²) in [5.74, 6) is -1.78. The minimum Gasteiger partial charge on any atom is -0.469 e. The molecular weight excluding hydrogens is 320 g/mol. The lowest BCUT2D eigenvalue weighted by Gasteiger charge is -2.26. The van der Waals surface area contributed by atoms with Gasteiger partial charge in [0.2, 0.25) is 0 Å². The number of nitro benzene ring substituents is 1. The van der Waals surface area contributed by atoms with Gasteiger partial charge in [0, 0.05) is 12.6 Å². The van der Waals surface area contributed by atoms with E-state index in [4.69, 9.17) is 0 Å². The molecule has 0 spiro atoms. The highest BCUT2D eigenvalue weighted by Crippen LogP contribution is 2.33. The third-order valence-corrected chi connectivity index (χ3v) is 3.84. The van der Waals surface area contributed by atoms with Crippen LogP contribution >= 0.6 is 0 Å². The fourth-order valence-corrected chi connectivity index (χ4v) is 2.66. The zero-order chi connectivity index (χ0) is 17.9. The molecule has 0 bridgehead atoms. The Morgan fingerprint density at radius 3 is 2.33 bits per heavy atom. The highest BCUT2D eigenvalue weighted by atomic mass is 16.6. The number of rotatable bonds is 6. The number of carbonyl (C=O) groups excluding carboxylic acids is 3. The van der Waals surface area contributed by atoms with Crippen molar-refractivity contribution in [3.05, 3.63) is 39.4 Å². The molecular formula is C15H16N2O7. The van der Waals surface area contributed by atoms with E-state index in [0.29, 0.717) is 5.56 Å². The number of amides is 1. The lowest BCUT2D eigenvalue weighted by atomic mass is 10.1. The quantitative estimate of drug-likeness (QED) is 0.433. The van der Waals surface area contributed by atoms with Gasteiger partial charge in [0.1, 0.15) is 5.56 Å². The maximum Gasteiger partial charge on any atom is 0.307 e. The standard InChI is InChI=1S/C15H16N2O7/c1-23-12(18)6-10(7-13(19)24-2)16-8-9-4-3-5-11(17(21)22)14(9)15(16)20/h3-5,10H,6-8H2,1-2H3. The van der Waals surface area contributed by atoms with E-state index >= 15 is 0 Å². The summed E-state index contributed by atoms with van der Waals surface area (Å²) in [5.41, 5.74) is 0.172. The molecule has 0 unspecified atom stereocenters. The van der Waals surface area contributed by atoms with Crippen LogP contribution in [0.25, 0.3) is 0 Å². The molecule has 0 radical (unpaired) electrons. The van der Waals surface area contributed by atoms with Crippen molar-refractivity contribution in [3.8, 4) is 0 Å². The van der Waals surface area contributed by atoms with Gasteiger partial charge in [-0.05, 0) is 5.56 Å². The number of fused-ring (bicyclic) bond motifs is 1. The molecule has 1 amide bonds. The average Bonchev–Trinajstić information content (AvgIpc) is 2.90. The molecule has 0 saturated heterocycles. The van der Waals surface area contributed by atoms with Crippen LogP contribution in [0, 0.1) is 10.1 Å². The molecule has 1 aromatic rings. The van der Waals surface area contributed by atoms with E-state index in [1.54, 1.807) is 6.07 Å². The molecule has 9 nitrogen and oxygen atoms in total. The molecule has 1 aromatic carbocycles. The number of benzene rings is 1. The molecule has 9 heteroatoms. The van der Waals surface area contributed by atoms with Crippen LogP contribution in [0.15, 0.2) is 18.2 Å². The fraction of sp³-hybridized carbons (Fsp3) is 0.400. The normalized spacial score (nSPS) is 13.0. The third kappa shape index (κ3) is 3.34. The molecule has 1 heterocycles. The zero-order valence-electron chi connectivity index (χ0n) is 13.2. The largest absolute Gasteiger partial charge is 0.469 e. The number of esters is 2. The molecule has 0 aromatic heterocycles. The molecule has 2 rings (SSSR count). The summed E-state index contributed by atoms with van der Waals surface area (Å²) in [6, 6.07) is 3.54. The third-order valence-electron chi connectivity index (χ3n) is 3.84. The zero-order valence-corrected chi connectivity index (χ0v) is 13.2. The van der Waals surface area contributed by atoms with Crippen LogP contribution in [0.4, 0.5) is 5.69 Å². The number of methoxy groups -OCH3 is 2. The Kier molecular flexibility index (Phi) is 5.12. The first-order chi connectivity index (χ1) is 11.4. The Morgan fingerprint density at radius 2 is 1.83 bits per heavy atom. The number of nitro groups is 1. The second-order valence-corrected chi connectivity index (χ2v) is 5.22. The molecule has 0 N–H and O–H groups in total. The van der Waals surface area contributed by atoms with Crippen LogP contribution in [-0.2, 0) is 25.6 Å². The van der Waals surface area contributed by atoms with Gasteiger partial charge >= 0.3 is 11.9 Å². The van der Waals surface area contributed by atoms with Gasteiger partial charge in [-0.25, -0.2) is 0 Å². The number of hydrogen-bond donors (Lipinski definition) is 0. The van der Waals surface area contributed by atoms with Crippen LogP contribution in [0.1, 0.15) is 28.8 Å². The van der Waals surface area contributed by atoms with Crippen LogP contribution in [0.5, 0.6) is 0 Å². The Morgan fingerprint density at radius 1 is 1.25 bits per heavy atom. The molecule has 0 atom stereocenters. The monoisotopic (exact) mass is 336 g/mol. The summed E-state index contributed by atoms with van der Waals surface area (Å²) in [6.07, 6.45) is -0.418. The van der Waals surface area contributed by atoms with E-state index in [1.807, 2.05) is 0 Å². The Balaban J connectivity index is 2.33. The minimum absolute atomic E-state index is 0.0118. The Bertz CT molecular complexity index is 683. The summed E-state index contributed by atoms with van der Waals surface area (Å²) >= 11 is 0. The van der Waals surface area contributed by atoms with E-state index < -0.39 is 28.8 Å². The van der Waals surface area contributed by atoms with E-state index in [0.717, 1.165) is 0 Å². The highest BCUT2D eigenvalue weighted by Gasteiger charge is 2.39. The van der Waals surface area contributed by atoms with Crippen LogP contribution in [-0.4, -0.2) is 47.9 Å². The second kappa shape index (κ2) is 7.07. The smallest absolute Gasteiger partial charge is 0.307 e. The van der Waals surface area contributed by atoms with Gasteiger partial charge in [0.15, 0.2) is 0 Å². The van der Waals surface area contributed by atoms with Gasteiger partial charge < -0.3 is 14.4 Å². The van der Waals surface area contributed by atoms with Crippen molar-refractivity contribution in [2.45, 2.75) is 25.4 Å². The number of hydrogen-bond acceptors (Lipinski definition) is 7. The first kappa shape index (κ1) is 17.4. The van der Waals surface area contributed by atoms with E-state index in [2.05, 4.69) is 9.47 Å². The first-order valence-corrected chi connectivity index (χ1v) is 7.10. The molecule has 1 aliphatic heterocycles. The van der Waals surface area contributed by atoms with Gasteiger partial charge in [-0.1, -0.05) is 12.1 Å². The fourth-order valence-electron chi connectivity index (χ4n) is 2.66. The summed E-state index contributed by atoms with van der Waals surface area (Å²) in [5, 5.41) is 11.1. The Labute approximate surface area is 137 Å². The second-order valence-electron chi connectivity index (χ2n) is 5.22. The van der Waals surface area contributed by atoms with E-state index in [-0.39, 0.29) is 30.6 Å². The predicted molar refractivity (Wildman–Crippen MR) is 80.0 cm³/mol. The lowest BCUT2D eigenvalue weighted by molar-refractivity contribution is -0.385. The lowest BCUT2D eigenvalue weighted by Crippen LogP contribution is -2.39. The van der Waals surface area contributed by atoms with Crippen molar-refractivity contribution in [3.63, 3.8) is 0 Å². The first-order valence-electron chi connectivity index (χ1n) is 7.10. The van der Waals surface area contributed by atoms with Crippen molar-refractivity contribution < 1.29 is 28.8 Å². The number of carbonyl (C=O) groups is 3. The molecule has 0 fully saturated rings. The summed E-state index contributed by atoms with van der Waals surface area (Å²) < 4.78 is 9.19. The average molecular weight is 336 g/mol. The summed E-state index contributed by atoms with van der Waals surface area (Å²) in [7, 11) is 2.39. The van der Waals surface area contributed by atoms with Crippen molar-refractivity contribution in [2.75, 3.05) is 14.2 Å². The van der Waals surface area contributed by atoms with Crippen molar-refractivity contribution in [1.29, 1.82) is 0 Å². The van der Waals surface area contributed by atoms with E-state index in [9.17, 15) is 24.5 Å². The van der Waals surface area contributed by atoms with Gasteiger partial charge in [0.25, 0.3) is 11.6 Å². The van der Waals surface area contributed by atoms with E-state index in [1.165, 1.54) is 31.3 Å². The maximum absolute atomic E-state index is 12.6.